The average molecular weight is 275 g/mol. The summed E-state index contributed by atoms with van der Waals surface area (Å²) in [7, 11) is 0. The third-order valence-corrected chi connectivity index (χ3v) is 4.48. The standard InChI is InChI=1S/C17H25NS/c1-4-9-18-15(10-13(2)3)11-14-12-19-17-8-6-5-7-16(14)17/h5-8,12-13,15,18H,4,9-11H2,1-3H3. The maximum absolute atomic E-state index is 3.71. The lowest BCUT2D eigenvalue weighted by atomic mass is 9.97. The zero-order valence-corrected chi connectivity index (χ0v) is 13.1. The highest BCUT2D eigenvalue weighted by Gasteiger charge is 2.13. The molecule has 1 heterocycles. The zero-order chi connectivity index (χ0) is 13.7. The van der Waals surface area contributed by atoms with Crippen LogP contribution in [-0.2, 0) is 6.42 Å². The van der Waals surface area contributed by atoms with Crippen molar-refractivity contribution in [2.24, 2.45) is 5.92 Å². The van der Waals surface area contributed by atoms with Gasteiger partial charge >= 0.3 is 0 Å². The fourth-order valence-corrected chi connectivity index (χ4v) is 3.59. The van der Waals surface area contributed by atoms with E-state index in [2.05, 4.69) is 55.7 Å². The van der Waals surface area contributed by atoms with Crippen molar-refractivity contribution in [1.82, 2.24) is 5.32 Å². The first kappa shape index (κ1) is 14.5. The fraction of sp³-hybridized carbons (Fsp3) is 0.529. The van der Waals surface area contributed by atoms with E-state index >= 15 is 0 Å². The molecule has 1 aromatic carbocycles. The first-order valence-electron chi connectivity index (χ1n) is 7.39. The fourth-order valence-electron chi connectivity index (χ4n) is 2.61. The first-order chi connectivity index (χ1) is 9.20. The quantitative estimate of drug-likeness (QED) is 0.761. The average Bonchev–Trinajstić information content (AvgIpc) is 2.79. The van der Waals surface area contributed by atoms with E-state index in [-0.39, 0.29) is 0 Å². The molecule has 0 radical (unpaired) electrons. The Morgan fingerprint density at radius 3 is 2.74 bits per heavy atom. The third-order valence-electron chi connectivity index (χ3n) is 3.47. The van der Waals surface area contributed by atoms with E-state index in [0.717, 1.165) is 18.9 Å². The van der Waals surface area contributed by atoms with Crippen LogP contribution < -0.4 is 5.32 Å². The second-order valence-electron chi connectivity index (χ2n) is 5.74. The van der Waals surface area contributed by atoms with Crippen molar-refractivity contribution in [3.63, 3.8) is 0 Å². The number of fused-ring (bicyclic) bond motifs is 1. The number of hydrogen-bond acceptors (Lipinski definition) is 2. The van der Waals surface area contributed by atoms with Gasteiger partial charge in [-0.05, 0) is 54.1 Å². The van der Waals surface area contributed by atoms with Gasteiger partial charge in [-0.3, -0.25) is 0 Å². The molecule has 0 spiro atoms. The third kappa shape index (κ3) is 4.05. The summed E-state index contributed by atoms with van der Waals surface area (Å²) in [5, 5.41) is 7.49. The van der Waals surface area contributed by atoms with Crippen molar-refractivity contribution in [3.8, 4) is 0 Å². The van der Waals surface area contributed by atoms with Crippen LogP contribution in [-0.4, -0.2) is 12.6 Å². The minimum atomic E-state index is 0.609. The van der Waals surface area contributed by atoms with Crippen LogP contribution in [0.3, 0.4) is 0 Å². The molecule has 19 heavy (non-hydrogen) atoms. The second-order valence-corrected chi connectivity index (χ2v) is 6.65. The molecule has 1 unspecified atom stereocenters. The Labute approximate surface area is 121 Å². The Morgan fingerprint density at radius 1 is 1.21 bits per heavy atom. The van der Waals surface area contributed by atoms with Crippen LogP contribution in [0.1, 0.15) is 39.2 Å². The number of hydrogen-bond donors (Lipinski definition) is 1. The molecular formula is C17H25NS. The lowest BCUT2D eigenvalue weighted by Gasteiger charge is -2.20. The van der Waals surface area contributed by atoms with Crippen molar-refractivity contribution in [2.45, 2.75) is 46.1 Å². The summed E-state index contributed by atoms with van der Waals surface area (Å²) in [5.74, 6) is 0.749. The van der Waals surface area contributed by atoms with Gasteiger partial charge in [0.2, 0.25) is 0 Å². The molecule has 1 nitrogen and oxygen atoms in total. The van der Waals surface area contributed by atoms with E-state index < -0.39 is 0 Å². The number of nitrogens with one attached hydrogen (secondary N) is 1. The Hall–Kier alpha value is -0.860. The Morgan fingerprint density at radius 2 is 2.00 bits per heavy atom. The summed E-state index contributed by atoms with van der Waals surface area (Å²) in [6.07, 6.45) is 3.62. The molecule has 0 fully saturated rings. The van der Waals surface area contributed by atoms with E-state index in [1.807, 2.05) is 11.3 Å². The monoisotopic (exact) mass is 275 g/mol. The summed E-state index contributed by atoms with van der Waals surface area (Å²) in [5.41, 5.74) is 1.51. The van der Waals surface area contributed by atoms with E-state index in [1.54, 1.807) is 0 Å². The van der Waals surface area contributed by atoms with Gasteiger partial charge in [-0.25, -0.2) is 0 Å². The van der Waals surface area contributed by atoms with Crippen LogP contribution in [0.15, 0.2) is 29.6 Å². The van der Waals surface area contributed by atoms with Gasteiger partial charge in [0.05, 0.1) is 0 Å². The molecule has 2 heteroatoms. The molecular weight excluding hydrogens is 250 g/mol. The van der Waals surface area contributed by atoms with E-state index in [0.29, 0.717) is 6.04 Å². The first-order valence-corrected chi connectivity index (χ1v) is 8.27. The SMILES string of the molecule is CCCNC(Cc1csc2ccccc12)CC(C)C. The van der Waals surface area contributed by atoms with Gasteiger partial charge in [0.1, 0.15) is 0 Å². The van der Waals surface area contributed by atoms with Gasteiger partial charge in [-0.1, -0.05) is 39.0 Å². The van der Waals surface area contributed by atoms with Crippen molar-refractivity contribution in [1.29, 1.82) is 0 Å². The summed E-state index contributed by atoms with van der Waals surface area (Å²) in [6, 6.07) is 9.37. The molecule has 104 valence electrons. The second kappa shape index (κ2) is 7.06. The van der Waals surface area contributed by atoms with Gasteiger partial charge < -0.3 is 5.32 Å². The topological polar surface area (TPSA) is 12.0 Å². The predicted molar refractivity (Wildman–Crippen MR) is 87.1 cm³/mol. The van der Waals surface area contributed by atoms with Crippen LogP contribution in [0.2, 0.25) is 0 Å². The molecule has 2 aromatic rings. The highest BCUT2D eigenvalue weighted by molar-refractivity contribution is 7.17. The van der Waals surface area contributed by atoms with E-state index in [4.69, 9.17) is 0 Å². The molecule has 1 aromatic heterocycles. The highest BCUT2D eigenvalue weighted by Crippen LogP contribution is 2.27. The Kier molecular flexibility index (Phi) is 5.41. The molecule has 0 aliphatic carbocycles. The smallest absolute Gasteiger partial charge is 0.0345 e. The molecule has 1 atom stereocenters. The molecule has 0 bridgehead atoms. The zero-order valence-electron chi connectivity index (χ0n) is 12.3. The number of rotatable bonds is 7. The highest BCUT2D eigenvalue weighted by atomic mass is 32.1. The van der Waals surface area contributed by atoms with Gasteiger partial charge in [0.15, 0.2) is 0 Å². The maximum atomic E-state index is 3.71. The Bertz CT molecular complexity index is 501. The van der Waals surface area contributed by atoms with Crippen LogP contribution in [0.5, 0.6) is 0 Å². The molecule has 0 aliphatic heterocycles. The van der Waals surface area contributed by atoms with E-state index in [1.165, 1.54) is 28.5 Å². The van der Waals surface area contributed by atoms with Crippen molar-refractivity contribution in [3.05, 3.63) is 35.2 Å². The van der Waals surface area contributed by atoms with Crippen molar-refractivity contribution >= 4 is 21.4 Å². The van der Waals surface area contributed by atoms with Crippen molar-refractivity contribution in [2.75, 3.05) is 6.54 Å². The minimum Gasteiger partial charge on any atom is -0.314 e. The molecule has 0 saturated heterocycles. The molecule has 0 saturated carbocycles. The number of benzene rings is 1. The predicted octanol–water partition coefficient (Wildman–Crippen LogP) is 4.86. The van der Waals surface area contributed by atoms with Crippen LogP contribution in [0, 0.1) is 5.92 Å². The molecule has 0 aliphatic rings. The lowest BCUT2D eigenvalue weighted by Crippen LogP contribution is -2.33. The summed E-state index contributed by atoms with van der Waals surface area (Å²) in [4.78, 5) is 0. The van der Waals surface area contributed by atoms with Gasteiger partial charge in [0, 0.05) is 10.7 Å². The normalized spacial score (nSPS) is 13.3. The van der Waals surface area contributed by atoms with Crippen molar-refractivity contribution < 1.29 is 0 Å². The van der Waals surface area contributed by atoms with Crippen LogP contribution in [0.25, 0.3) is 10.1 Å². The molecule has 2 rings (SSSR count). The van der Waals surface area contributed by atoms with Crippen LogP contribution in [0.4, 0.5) is 0 Å². The maximum Gasteiger partial charge on any atom is 0.0345 e. The minimum absolute atomic E-state index is 0.609. The summed E-state index contributed by atoms with van der Waals surface area (Å²) in [6.45, 7) is 7.98. The number of thiophene rings is 1. The molecule has 0 amide bonds. The summed E-state index contributed by atoms with van der Waals surface area (Å²) < 4.78 is 1.41. The van der Waals surface area contributed by atoms with Gasteiger partial charge in [0.25, 0.3) is 0 Å². The molecule has 1 N–H and O–H groups in total. The lowest BCUT2D eigenvalue weighted by molar-refractivity contribution is 0.417. The van der Waals surface area contributed by atoms with Gasteiger partial charge in [-0.15, -0.1) is 11.3 Å². The summed E-state index contributed by atoms with van der Waals surface area (Å²) >= 11 is 1.87. The van der Waals surface area contributed by atoms with Crippen LogP contribution >= 0.6 is 11.3 Å². The largest absolute Gasteiger partial charge is 0.314 e. The Balaban J connectivity index is 2.11. The van der Waals surface area contributed by atoms with Gasteiger partial charge in [-0.2, -0.15) is 0 Å². The van der Waals surface area contributed by atoms with E-state index in [9.17, 15) is 0 Å².